The number of oxime groups is 1. The molecule has 3 unspecified atom stereocenters. The molecule has 3 atom stereocenters. The summed E-state index contributed by atoms with van der Waals surface area (Å²) in [6.45, 7) is 0.228. The van der Waals surface area contributed by atoms with Gasteiger partial charge >= 0.3 is 5.97 Å². The van der Waals surface area contributed by atoms with Crippen LogP contribution in [0.1, 0.15) is 17.4 Å². The van der Waals surface area contributed by atoms with Gasteiger partial charge in [-0.05, 0) is 17.7 Å². The highest BCUT2D eigenvalue weighted by Gasteiger charge is 2.53. The van der Waals surface area contributed by atoms with E-state index in [9.17, 15) is 39.6 Å². The van der Waals surface area contributed by atoms with E-state index in [2.05, 4.69) is 20.4 Å². The van der Waals surface area contributed by atoms with Crippen molar-refractivity contribution < 1.29 is 49.0 Å². The molecule has 47 heavy (non-hydrogen) atoms. The lowest BCUT2D eigenvalue weighted by Crippen LogP contribution is -2.71. The number of carboxylic acids is 2. The van der Waals surface area contributed by atoms with E-state index in [0.717, 1.165) is 28.4 Å². The number of nitrogen functional groups attached to an aromatic ring is 3. The van der Waals surface area contributed by atoms with Crippen molar-refractivity contribution in [2.75, 3.05) is 23.0 Å². The third-order valence-corrected chi connectivity index (χ3v) is 8.80. The van der Waals surface area contributed by atoms with Gasteiger partial charge in [0.2, 0.25) is 24.1 Å². The molecule has 0 saturated carbocycles. The van der Waals surface area contributed by atoms with Crippen molar-refractivity contribution in [2.45, 2.75) is 24.1 Å². The molecule has 1 aromatic carbocycles. The number of nitrogens with zero attached hydrogens (tertiary/aromatic N) is 5. The van der Waals surface area contributed by atoms with Crippen molar-refractivity contribution in [3.05, 3.63) is 70.7 Å². The third kappa shape index (κ3) is 6.72. The number of anilines is 3. The molecule has 18 nitrogen and oxygen atoms in total. The predicted octanol–water partition coefficient (Wildman–Crippen LogP) is -1.81. The molecule has 2 aromatic heterocycles. The Morgan fingerprint density at radius 3 is 2.64 bits per heavy atom. The van der Waals surface area contributed by atoms with Gasteiger partial charge < -0.3 is 52.6 Å². The van der Waals surface area contributed by atoms with Crippen LogP contribution in [-0.2, 0) is 30.6 Å². The summed E-state index contributed by atoms with van der Waals surface area (Å²) in [5.41, 5.74) is 16.4. The van der Waals surface area contributed by atoms with Gasteiger partial charge in [-0.25, -0.2) is 14.3 Å². The highest BCUT2D eigenvalue weighted by atomic mass is 32.2. The number of phenols is 2. The first kappa shape index (κ1) is 32.5. The Bertz CT molecular complexity index is 1880. The van der Waals surface area contributed by atoms with Crippen molar-refractivity contribution >= 4 is 69.3 Å². The first-order valence-corrected chi connectivity index (χ1v) is 15.3. The number of nitrogens with two attached hydrogens (primary N) is 3. The van der Waals surface area contributed by atoms with E-state index in [1.165, 1.54) is 41.7 Å². The number of thioether (sulfide) groups is 1. The number of hydrogen-bond acceptors (Lipinski definition) is 16. The third-order valence-electron chi connectivity index (χ3n) is 6.83. The summed E-state index contributed by atoms with van der Waals surface area (Å²) in [6.07, 6.45) is 2.74. The smallest absolute Gasteiger partial charge is 0.352 e. The fourth-order valence-corrected chi connectivity index (χ4v) is 6.43. The molecule has 3 aromatic rings. The predicted molar refractivity (Wildman–Crippen MR) is 164 cm³/mol. The van der Waals surface area contributed by atoms with Crippen LogP contribution in [0.5, 0.6) is 11.5 Å². The van der Waals surface area contributed by atoms with E-state index >= 15 is 0 Å². The quantitative estimate of drug-likeness (QED) is 0.0385. The van der Waals surface area contributed by atoms with Gasteiger partial charge in [0.1, 0.15) is 17.1 Å². The minimum Gasteiger partial charge on any atom is -0.543 e. The van der Waals surface area contributed by atoms with Crippen molar-refractivity contribution in [3.63, 3.8) is 0 Å². The number of carboxylic acid groups (broad SMARTS) is 2. The number of carbonyl (C=O) groups excluding carboxylic acids is 3. The van der Waals surface area contributed by atoms with Crippen molar-refractivity contribution in [1.29, 1.82) is 0 Å². The maximum atomic E-state index is 13.4. The Morgan fingerprint density at radius 1 is 1.23 bits per heavy atom. The zero-order chi connectivity index (χ0) is 34.0. The van der Waals surface area contributed by atoms with Crippen LogP contribution in [0.25, 0.3) is 0 Å². The molecule has 10 N–H and O–H groups in total. The maximum Gasteiger partial charge on any atom is 0.352 e. The first-order chi connectivity index (χ1) is 22.3. The number of aliphatic carboxylic acids is 2. The van der Waals surface area contributed by atoms with Crippen molar-refractivity contribution in [1.82, 2.24) is 20.2 Å². The average molecular weight is 684 g/mol. The number of fused-ring (bicyclic) bond motifs is 1. The molecule has 0 bridgehead atoms. The molecule has 2 aliphatic rings. The van der Waals surface area contributed by atoms with Gasteiger partial charge in [0.15, 0.2) is 22.3 Å². The van der Waals surface area contributed by atoms with Crippen LogP contribution in [0.4, 0.5) is 16.8 Å². The molecule has 0 spiro atoms. The molecular weight excluding hydrogens is 658 g/mol. The fourth-order valence-electron chi connectivity index (χ4n) is 4.56. The van der Waals surface area contributed by atoms with Crippen LogP contribution in [0.3, 0.4) is 0 Å². The summed E-state index contributed by atoms with van der Waals surface area (Å²) in [5, 5.41) is 48.0. The van der Waals surface area contributed by atoms with Crippen LogP contribution >= 0.6 is 23.1 Å². The van der Waals surface area contributed by atoms with Gasteiger partial charge in [0.25, 0.3) is 11.8 Å². The lowest BCUT2D eigenvalue weighted by molar-refractivity contribution is -0.675. The number of phenolic OH excluding ortho intramolecular Hbond substituents is 2. The fraction of sp³-hybridized carbons (Fsp3) is 0.185. The van der Waals surface area contributed by atoms with Gasteiger partial charge in [0, 0.05) is 16.7 Å². The molecule has 0 radical (unpaired) electrons. The van der Waals surface area contributed by atoms with E-state index in [0.29, 0.717) is 11.4 Å². The summed E-state index contributed by atoms with van der Waals surface area (Å²) in [5.74, 6) is -5.29. The molecule has 1 fully saturated rings. The van der Waals surface area contributed by atoms with Crippen LogP contribution in [0, 0.1) is 0 Å². The molecule has 4 heterocycles. The molecule has 5 rings (SSSR count). The number of aromatic nitrogens is 3. The number of amides is 2. The number of benzene rings is 1. The highest BCUT2D eigenvalue weighted by molar-refractivity contribution is 8.00. The van der Waals surface area contributed by atoms with Crippen molar-refractivity contribution in [2.24, 2.45) is 5.16 Å². The van der Waals surface area contributed by atoms with Gasteiger partial charge in [-0.15, -0.1) is 23.1 Å². The monoisotopic (exact) mass is 683 g/mol. The van der Waals surface area contributed by atoms with Crippen LogP contribution < -0.4 is 32.2 Å². The van der Waals surface area contributed by atoms with Crippen LogP contribution in [-0.4, -0.2) is 76.8 Å². The number of rotatable bonds is 11. The lowest BCUT2D eigenvalue weighted by atomic mass is 10.0. The van der Waals surface area contributed by atoms with Gasteiger partial charge in [-0.3, -0.25) is 14.5 Å². The van der Waals surface area contributed by atoms with Gasteiger partial charge in [-0.2, -0.15) is 0 Å². The largest absolute Gasteiger partial charge is 0.543 e. The molecule has 1 saturated heterocycles. The highest BCUT2D eigenvalue weighted by Crippen LogP contribution is 2.40. The number of β-lactam (4-membered cyclic amide) rings is 1. The summed E-state index contributed by atoms with van der Waals surface area (Å²) in [6, 6.07) is 3.42. The Labute approximate surface area is 272 Å². The Hall–Kier alpha value is -5.89. The van der Waals surface area contributed by atoms with E-state index in [1.54, 1.807) is 10.6 Å². The summed E-state index contributed by atoms with van der Waals surface area (Å²) >= 11 is 2.13. The number of aromatic hydroxyl groups is 2. The first-order valence-electron chi connectivity index (χ1n) is 13.3. The van der Waals surface area contributed by atoms with E-state index in [-0.39, 0.29) is 40.2 Å². The standard InChI is InChI=1S/C27H25N9O9S2/c28-16-7-17(29)35(10-31-16)5-1-2-12-8-46-24-19(23(40)36(24)20(12)25(41)42)33-22(39)18(13-9-47-27(30)32-13)34-45-21(26(43)44)11-3-4-14(37)15(38)6-11/h1-4,6-7,9-10,19,21,24H,5,8H2,(H10,28,29,30,32,33,34,37,38,39,41,42,43,44)/b2-1+. The number of hydrogen-bond donors (Lipinski definition) is 7. The second-order valence-corrected chi connectivity index (χ2v) is 11.9. The topological polar surface area (TPSA) is 297 Å². The summed E-state index contributed by atoms with van der Waals surface area (Å²) in [4.78, 5) is 64.8. The SMILES string of the molecule is Nc1cc(N)[n+](C/C=C/C2=C(C(=O)[O-])N3C(=O)C(NC(=O)/C(=N\OC(C(=O)O)c4ccc(O)c(O)c4)c4csc(N)n4)C3SC2)cn1. The van der Waals surface area contributed by atoms with E-state index in [1.807, 2.05) is 0 Å². The summed E-state index contributed by atoms with van der Waals surface area (Å²) in [7, 11) is 0. The average Bonchev–Trinajstić information content (AvgIpc) is 3.45. The van der Waals surface area contributed by atoms with E-state index in [4.69, 9.17) is 22.0 Å². The number of nitrogens with one attached hydrogen (secondary N) is 1. The van der Waals surface area contributed by atoms with Gasteiger partial charge in [-0.1, -0.05) is 28.4 Å². The second-order valence-electron chi connectivity index (χ2n) is 9.90. The minimum atomic E-state index is -1.83. The van der Waals surface area contributed by atoms with Crippen LogP contribution in [0.2, 0.25) is 0 Å². The normalized spacial score (nSPS) is 18.4. The zero-order valence-corrected chi connectivity index (χ0v) is 25.5. The number of carbonyl (C=O) groups is 4. The maximum absolute atomic E-state index is 13.4. The Balaban J connectivity index is 1.35. The molecular formula is C27H25N9O9S2. The van der Waals surface area contributed by atoms with Gasteiger partial charge in [0.05, 0.1) is 24.3 Å². The Morgan fingerprint density at radius 2 is 2.00 bits per heavy atom. The summed E-state index contributed by atoms with van der Waals surface area (Å²) < 4.78 is 1.57. The number of thiazole rings is 1. The molecule has 2 aliphatic heterocycles. The molecule has 20 heteroatoms. The molecule has 2 amide bonds. The lowest BCUT2D eigenvalue weighted by Gasteiger charge is -2.50. The number of allylic oxidation sites excluding steroid dienone is 2. The molecule has 244 valence electrons. The zero-order valence-electron chi connectivity index (χ0n) is 23.8. The molecule has 0 aliphatic carbocycles. The van der Waals surface area contributed by atoms with Crippen LogP contribution in [0.15, 0.2) is 64.6 Å². The van der Waals surface area contributed by atoms with Crippen molar-refractivity contribution in [3.8, 4) is 11.5 Å². The second kappa shape index (κ2) is 13.2. The van der Waals surface area contributed by atoms with E-state index < -0.39 is 58.5 Å². The minimum absolute atomic E-state index is 0.0468. The Kier molecular flexibility index (Phi) is 9.15.